The third-order valence-electron chi connectivity index (χ3n) is 3.94. The summed E-state index contributed by atoms with van der Waals surface area (Å²) in [6.45, 7) is 3.83. The van der Waals surface area contributed by atoms with Crippen LogP contribution in [-0.4, -0.2) is 36.1 Å². The second-order valence-corrected chi connectivity index (χ2v) is 6.15. The normalized spacial score (nSPS) is 12.0. The predicted octanol–water partition coefficient (Wildman–Crippen LogP) is 1.23. The number of nitrogens with one attached hydrogen (secondary N) is 2. The number of nitrogens with zero attached hydrogens (tertiary/aromatic N) is 1. The maximum Gasteiger partial charge on any atom is 0.257 e. The first-order valence-electron chi connectivity index (χ1n) is 7.88. The number of phenols is 1. The fraction of sp³-hybridized carbons (Fsp3) is 0.353. The van der Waals surface area contributed by atoms with Gasteiger partial charge in [-0.3, -0.25) is 14.4 Å². The zero-order chi connectivity index (χ0) is 18.9. The van der Waals surface area contributed by atoms with Crippen LogP contribution in [0.3, 0.4) is 0 Å². The molecule has 0 saturated carbocycles. The Morgan fingerprint density at radius 2 is 1.84 bits per heavy atom. The van der Waals surface area contributed by atoms with E-state index in [-0.39, 0.29) is 40.1 Å². The molecule has 2 aromatic rings. The van der Waals surface area contributed by atoms with Gasteiger partial charge in [-0.15, -0.1) is 0 Å². The van der Waals surface area contributed by atoms with Gasteiger partial charge in [-0.2, -0.15) is 0 Å². The second-order valence-electron chi connectivity index (χ2n) is 6.15. The molecule has 8 nitrogen and oxygen atoms in total. The lowest BCUT2D eigenvalue weighted by Crippen LogP contribution is -2.38. The van der Waals surface area contributed by atoms with E-state index in [0.717, 1.165) is 6.42 Å². The highest BCUT2D eigenvalue weighted by Gasteiger charge is 2.24. The van der Waals surface area contributed by atoms with Crippen LogP contribution < -0.4 is 27.2 Å². The van der Waals surface area contributed by atoms with Gasteiger partial charge in [0.1, 0.15) is 11.4 Å². The third kappa shape index (κ3) is 3.42. The molecule has 0 aliphatic carbocycles. The Morgan fingerprint density at radius 3 is 2.40 bits per heavy atom. The van der Waals surface area contributed by atoms with Gasteiger partial charge >= 0.3 is 0 Å². The number of nitrogens with two attached hydrogens (primary N) is 1. The van der Waals surface area contributed by atoms with Crippen molar-refractivity contribution >= 4 is 28.7 Å². The smallest absolute Gasteiger partial charge is 0.257 e. The lowest BCUT2D eigenvalue weighted by molar-refractivity contribution is 0.0825. The van der Waals surface area contributed by atoms with Crippen LogP contribution in [0.15, 0.2) is 21.7 Å². The summed E-state index contributed by atoms with van der Waals surface area (Å²) in [5.41, 5.74) is 5.04. The molecule has 0 radical (unpaired) electrons. The molecule has 25 heavy (non-hydrogen) atoms. The topological polar surface area (TPSA) is 125 Å². The minimum Gasteiger partial charge on any atom is -0.505 e. The molecule has 1 amide bonds. The Morgan fingerprint density at radius 1 is 1.24 bits per heavy atom. The third-order valence-corrected chi connectivity index (χ3v) is 3.94. The number of anilines is 4. The summed E-state index contributed by atoms with van der Waals surface area (Å²) in [5, 5.41) is 16.1. The summed E-state index contributed by atoms with van der Waals surface area (Å²) in [6.07, 6.45) is 0.767. The van der Waals surface area contributed by atoms with Gasteiger partial charge in [0.2, 0.25) is 0 Å². The number of amides is 1. The van der Waals surface area contributed by atoms with Gasteiger partial charge < -0.3 is 26.4 Å². The largest absolute Gasteiger partial charge is 0.505 e. The lowest BCUT2D eigenvalue weighted by Gasteiger charge is -2.20. The summed E-state index contributed by atoms with van der Waals surface area (Å²) in [6, 6.07) is 2.75. The summed E-state index contributed by atoms with van der Waals surface area (Å²) in [7, 11) is 3.09. The van der Waals surface area contributed by atoms with Crippen LogP contribution in [0.2, 0.25) is 0 Å². The number of carbonyl (C=O) groups excluding carboxylic acids is 1. The molecule has 0 heterocycles. The number of nitrogen functional groups attached to an aromatic ring is 1. The van der Waals surface area contributed by atoms with Crippen molar-refractivity contribution in [2.24, 2.45) is 0 Å². The van der Waals surface area contributed by atoms with Crippen LogP contribution in [-0.2, 0) is 0 Å². The molecule has 0 aliphatic rings. The van der Waals surface area contributed by atoms with E-state index in [0.29, 0.717) is 0 Å². The van der Waals surface area contributed by atoms with Crippen molar-refractivity contribution in [1.82, 2.24) is 4.90 Å². The average Bonchev–Trinajstić information content (AvgIpc) is 2.58. The number of rotatable bonds is 6. The molecule has 2 aromatic carbocycles. The van der Waals surface area contributed by atoms with Gasteiger partial charge in [0.15, 0.2) is 5.75 Å². The van der Waals surface area contributed by atoms with Gasteiger partial charge in [-0.05, 0) is 25.5 Å². The highest BCUT2D eigenvalue weighted by molar-refractivity contribution is 6.00. The summed E-state index contributed by atoms with van der Waals surface area (Å²) >= 11 is 0. The van der Waals surface area contributed by atoms with Crippen molar-refractivity contribution in [3.63, 3.8) is 0 Å². The van der Waals surface area contributed by atoms with Crippen LogP contribution in [0, 0.1) is 0 Å². The Kier molecular flexibility index (Phi) is 5.01. The summed E-state index contributed by atoms with van der Waals surface area (Å²) in [4.78, 5) is 37.1. The van der Waals surface area contributed by atoms with Crippen molar-refractivity contribution in [1.29, 1.82) is 0 Å². The molecule has 8 heteroatoms. The van der Waals surface area contributed by atoms with Gasteiger partial charge in [0, 0.05) is 25.8 Å². The van der Waals surface area contributed by atoms with E-state index in [4.69, 9.17) is 5.73 Å². The van der Waals surface area contributed by atoms with Crippen LogP contribution >= 0.6 is 0 Å². The molecule has 134 valence electrons. The summed E-state index contributed by atoms with van der Waals surface area (Å²) < 4.78 is 0. The maximum absolute atomic E-state index is 12.1. The lowest BCUT2D eigenvalue weighted by atomic mass is 10.1. The van der Waals surface area contributed by atoms with Crippen molar-refractivity contribution < 1.29 is 9.90 Å². The Hall–Kier alpha value is -3.03. The number of hydrogen-bond donors (Lipinski definition) is 4. The van der Waals surface area contributed by atoms with Crippen molar-refractivity contribution in [3.8, 4) is 5.75 Å². The van der Waals surface area contributed by atoms with Crippen LogP contribution in [0.1, 0.15) is 30.6 Å². The monoisotopic (exact) mass is 346 g/mol. The van der Waals surface area contributed by atoms with Gasteiger partial charge in [-0.1, -0.05) is 6.92 Å². The maximum atomic E-state index is 12.1. The minimum absolute atomic E-state index is 0.00244. The van der Waals surface area contributed by atoms with Crippen molar-refractivity contribution in [2.45, 2.75) is 26.3 Å². The highest BCUT2D eigenvalue weighted by atomic mass is 16.3. The first-order valence-corrected chi connectivity index (χ1v) is 7.88. The van der Waals surface area contributed by atoms with E-state index in [2.05, 4.69) is 10.6 Å². The Labute approximate surface area is 145 Å². The average molecular weight is 346 g/mol. The van der Waals surface area contributed by atoms with Crippen LogP contribution in [0.5, 0.6) is 5.75 Å². The molecule has 5 N–H and O–H groups in total. The molecule has 0 fully saturated rings. The number of hydrogen-bond acceptors (Lipinski definition) is 7. The molecule has 0 bridgehead atoms. The van der Waals surface area contributed by atoms with E-state index < -0.39 is 16.8 Å². The molecule has 0 aromatic heterocycles. The van der Waals surface area contributed by atoms with E-state index in [1.807, 2.05) is 13.8 Å². The Bertz CT molecular complexity index is 882. The fourth-order valence-corrected chi connectivity index (χ4v) is 2.29. The Balaban J connectivity index is 2.43. The minimum atomic E-state index is -0.687. The zero-order valence-corrected chi connectivity index (χ0v) is 14.6. The van der Waals surface area contributed by atoms with E-state index in [9.17, 15) is 19.5 Å². The van der Waals surface area contributed by atoms with Crippen molar-refractivity contribution in [2.75, 3.05) is 30.5 Å². The second kappa shape index (κ2) is 6.84. The molecular formula is C17H22N4O4. The fourth-order valence-electron chi connectivity index (χ4n) is 2.29. The SMILES string of the molecule is CCC(C)Nc1c(Nc2cc(N)cc(C(=O)N(C)C)c2O)c(=O)c1=O. The van der Waals surface area contributed by atoms with Crippen molar-refractivity contribution in [3.05, 3.63) is 38.1 Å². The standard InChI is InChI=1S/C17H22N4O4/c1-5-8(2)19-12-13(16(24)15(12)23)20-11-7-9(18)6-10(14(11)22)17(25)21(3)4/h6-8,19-20,22H,5,18H2,1-4H3. The van der Waals surface area contributed by atoms with Crippen LogP contribution in [0.25, 0.3) is 0 Å². The highest BCUT2D eigenvalue weighted by Crippen LogP contribution is 2.34. The van der Waals surface area contributed by atoms with Gasteiger partial charge in [-0.25, -0.2) is 0 Å². The quantitative estimate of drug-likeness (QED) is 0.268. The molecule has 1 unspecified atom stereocenters. The number of aromatic hydroxyl groups is 1. The molecule has 1 atom stereocenters. The van der Waals surface area contributed by atoms with E-state index in [1.165, 1.54) is 17.0 Å². The van der Waals surface area contributed by atoms with Gasteiger partial charge in [0.25, 0.3) is 16.8 Å². The molecule has 2 rings (SSSR count). The molecular weight excluding hydrogens is 324 g/mol. The predicted molar refractivity (Wildman–Crippen MR) is 98.5 cm³/mol. The number of carbonyl (C=O) groups is 1. The molecule has 0 saturated heterocycles. The van der Waals surface area contributed by atoms with E-state index >= 15 is 0 Å². The first kappa shape index (κ1) is 18.3. The number of benzene rings is 1. The zero-order valence-electron chi connectivity index (χ0n) is 14.6. The summed E-state index contributed by atoms with van der Waals surface area (Å²) in [5.74, 6) is -0.772. The first-order chi connectivity index (χ1) is 11.7. The molecule has 0 aliphatic heterocycles. The van der Waals surface area contributed by atoms with Gasteiger partial charge in [0.05, 0.1) is 11.3 Å². The molecule has 0 spiro atoms. The van der Waals surface area contributed by atoms with Crippen LogP contribution in [0.4, 0.5) is 22.7 Å². The number of phenolic OH excluding ortho intramolecular Hbond substituents is 1. The van der Waals surface area contributed by atoms with E-state index in [1.54, 1.807) is 14.1 Å².